The third kappa shape index (κ3) is 3.09. The number of carbonyl (C=O) groups excluding carboxylic acids is 1. The second-order valence-electron chi connectivity index (χ2n) is 6.97. The zero-order chi connectivity index (χ0) is 18.3. The summed E-state index contributed by atoms with van der Waals surface area (Å²) in [7, 11) is 0. The highest BCUT2D eigenvalue weighted by atomic mass is 16.5. The number of fused-ring (bicyclic) bond motifs is 3. The summed E-state index contributed by atoms with van der Waals surface area (Å²) in [6.07, 6.45) is 2.90. The Bertz CT molecular complexity index is 913. The van der Waals surface area contributed by atoms with Gasteiger partial charge in [-0.05, 0) is 50.8 Å². The summed E-state index contributed by atoms with van der Waals surface area (Å²) in [5, 5.41) is 0.906. The molecule has 0 atom stereocenters. The van der Waals surface area contributed by atoms with Gasteiger partial charge >= 0.3 is 11.6 Å². The molecule has 2 aliphatic rings. The van der Waals surface area contributed by atoms with Gasteiger partial charge < -0.3 is 13.9 Å². The molecule has 4 rings (SSSR count). The van der Waals surface area contributed by atoms with Crippen LogP contribution in [-0.4, -0.2) is 30.2 Å². The maximum Gasteiger partial charge on any atom is 0.339 e. The van der Waals surface area contributed by atoms with Gasteiger partial charge in [0.25, 0.3) is 0 Å². The first-order chi connectivity index (χ1) is 12.6. The van der Waals surface area contributed by atoms with E-state index in [-0.39, 0.29) is 18.0 Å². The summed E-state index contributed by atoms with van der Waals surface area (Å²) >= 11 is 0. The fourth-order valence-electron chi connectivity index (χ4n) is 3.60. The highest BCUT2D eigenvalue weighted by Crippen LogP contribution is 2.37. The predicted molar refractivity (Wildman–Crippen MR) is 96.2 cm³/mol. The van der Waals surface area contributed by atoms with Gasteiger partial charge in [-0.3, -0.25) is 9.69 Å². The maximum absolute atomic E-state index is 12.6. The number of esters is 1. The van der Waals surface area contributed by atoms with Crippen LogP contribution in [0.2, 0.25) is 0 Å². The van der Waals surface area contributed by atoms with E-state index in [4.69, 9.17) is 13.9 Å². The minimum Gasteiger partial charge on any atom is -0.478 e. The largest absolute Gasteiger partial charge is 0.478 e. The summed E-state index contributed by atoms with van der Waals surface area (Å²) in [5.74, 6) is 0.488. The van der Waals surface area contributed by atoms with Crippen molar-refractivity contribution in [1.82, 2.24) is 4.90 Å². The Morgan fingerprint density at radius 1 is 1.35 bits per heavy atom. The van der Waals surface area contributed by atoms with E-state index in [0.717, 1.165) is 28.8 Å². The summed E-state index contributed by atoms with van der Waals surface area (Å²) in [5.41, 5.74) is 2.58. The highest BCUT2D eigenvalue weighted by molar-refractivity contribution is 5.86. The van der Waals surface area contributed by atoms with Gasteiger partial charge in [-0.25, -0.2) is 4.79 Å². The van der Waals surface area contributed by atoms with Crippen LogP contribution in [0, 0.1) is 6.92 Å². The molecule has 1 aliphatic heterocycles. The van der Waals surface area contributed by atoms with Crippen LogP contribution in [0.5, 0.6) is 5.75 Å². The first-order valence-electron chi connectivity index (χ1n) is 9.19. The molecule has 138 valence electrons. The van der Waals surface area contributed by atoms with Gasteiger partial charge in [-0.1, -0.05) is 0 Å². The number of hydrogen-bond donors (Lipinski definition) is 0. The number of hydrogen-bond acceptors (Lipinski definition) is 6. The Kier molecular flexibility index (Phi) is 4.44. The Labute approximate surface area is 151 Å². The standard InChI is InChI=1S/C20H23NO5/c1-3-24-18(22)9-7-15-12(2)14-6-8-17-16(19(14)26-20(15)23)10-21(11-25-17)13-4-5-13/h6,8,13H,3-5,7,9-11H2,1-2H3. The fourth-order valence-corrected chi connectivity index (χ4v) is 3.60. The van der Waals surface area contributed by atoms with Crippen LogP contribution in [0.4, 0.5) is 0 Å². The van der Waals surface area contributed by atoms with E-state index in [1.807, 2.05) is 19.1 Å². The maximum atomic E-state index is 12.6. The Hall–Kier alpha value is -2.34. The molecule has 6 nitrogen and oxygen atoms in total. The molecule has 26 heavy (non-hydrogen) atoms. The molecule has 2 heterocycles. The number of rotatable bonds is 5. The summed E-state index contributed by atoms with van der Waals surface area (Å²) < 4.78 is 16.5. The van der Waals surface area contributed by atoms with Gasteiger partial charge in [0.1, 0.15) is 18.1 Å². The van der Waals surface area contributed by atoms with Crippen molar-refractivity contribution in [3.05, 3.63) is 39.2 Å². The van der Waals surface area contributed by atoms with Crippen LogP contribution < -0.4 is 10.4 Å². The fraction of sp³-hybridized carbons (Fsp3) is 0.500. The lowest BCUT2D eigenvalue weighted by Crippen LogP contribution is -2.33. The van der Waals surface area contributed by atoms with E-state index in [2.05, 4.69) is 4.90 Å². The van der Waals surface area contributed by atoms with E-state index in [0.29, 0.717) is 36.9 Å². The number of benzene rings is 1. The number of aryl methyl sites for hydroxylation is 1. The van der Waals surface area contributed by atoms with E-state index in [1.165, 1.54) is 12.8 Å². The summed E-state index contributed by atoms with van der Waals surface area (Å²) in [6, 6.07) is 4.46. The van der Waals surface area contributed by atoms with Crippen molar-refractivity contribution in [1.29, 1.82) is 0 Å². The molecule has 2 aromatic rings. The molecule has 1 aromatic carbocycles. The molecule has 0 N–H and O–H groups in total. The van der Waals surface area contributed by atoms with Gasteiger partial charge in [-0.15, -0.1) is 0 Å². The van der Waals surface area contributed by atoms with Crippen LogP contribution in [0.1, 0.15) is 42.9 Å². The van der Waals surface area contributed by atoms with Crippen LogP contribution >= 0.6 is 0 Å². The Balaban J connectivity index is 1.70. The Morgan fingerprint density at radius 2 is 2.15 bits per heavy atom. The van der Waals surface area contributed by atoms with Crippen molar-refractivity contribution in [2.24, 2.45) is 0 Å². The van der Waals surface area contributed by atoms with Crippen molar-refractivity contribution in [2.75, 3.05) is 13.3 Å². The van der Waals surface area contributed by atoms with E-state index in [9.17, 15) is 9.59 Å². The minimum absolute atomic E-state index is 0.175. The van der Waals surface area contributed by atoms with Crippen molar-refractivity contribution in [3.8, 4) is 5.75 Å². The predicted octanol–water partition coefficient (Wildman–Crippen LogP) is 2.91. The molecule has 0 spiro atoms. The first-order valence-corrected chi connectivity index (χ1v) is 9.19. The normalized spacial score (nSPS) is 17.0. The van der Waals surface area contributed by atoms with Crippen LogP contribution in [0.25, 0.3) is 11.0 Å². The van der Waals surface area contributed by atoms with Gasteiger partial charge in [0.2, 0.25) is 0 Å². The van der Waals surface area contributed by atoms with Gasteiger partial charge in [0.15, 0.2) is 0 Å². The Morgan fingerprint density at radius 3 is 2.88 bits per heavy atom. The average Bonchev–Trinajstić information content (AvgIpc) is 3.46. The third-order valence-corrected chi connectivity index (χ3v) is 5.21. The van der Waals surface area contributed by atoms with E-state index in [1.54, 1.807) is 6.92 Å². The molecular formula is C20H23NO5. The van der Waals surface area contributed by atoms with Gasteiger partial charge in [-0.2, -0.15) is 0 Å². The molecule has 0 radical (unpaired) electrons. The molecular weight excluding hydrogens is 334 g/mol. The molecule has 1 aromatic heterocycles. The molecule has 0 amide bonds. The quantitative estimate of drug-likeness (QED) is 0.605. The molecule has 0 saturated heterocycles. The smallest absolute Gasteiger partial charge is 0.339 e. The summed E-state index contributed by atoms with van der Waals surface area (Å²) in [6.45, 7) is 5.35. The second kappa shape index (κ2) is 6.76. The van der Waals surface area contributed by atoms with Crippen LogP contribution in [0.3, 0.4) is 0 Å². The van der Waals surface area contributed by atoms with Crippen LogP contribution in [0.15, 0.2) is 21.3 Å². The molecule has 1 aliphatic carbocycles. The lowest BCUT2D eigenvalue weighted by atomic mass is 9.99. The minimum atomic E-state index is -0.378. The van der Waals surface area contributed by atoms with Crippen molar-refractivity contribution >= 4 is 16.9 Å². The monoisotopic (exact) mass is 357 g/mol. The number of ether oxygens (including phenoxy) is 2. The second-order valence-corrected chi connectivity index (χ2v) is 6.97. The van der Waals surface area contributed by atoms with Crippen molar-refractivity contribution in [2.45, 2.75) is 52.1 Å². The lowest BCUT2D eigenvalue weighted by molar-refractivity contribution is -0.143. The highest BCUT2D eigenvalue weighted by Gasteiger charge is 2.33. The molecule has 6 heteroatoms. The summed E-state index contributed by atoms with van der Waals surface area (Å²) in [4.78, 5) is 26.5. The lowest BCUT2D eigenvalue weighted by Gasteiger charge is -2.29. The zero-order valence-electron chi connectivity index (χ0n) is 15.2. The van der Waals surface area contributed by atoms with Gasteiger partial charge in [0.05, 0.1) is 12.2 Å². The van der Waals surface area contributed by atoms with Gasteiger partial charge in [0, 0.05) is 30.0 Å². The van der Waals surface area contributed by atoms with Crippen LogP contribution in [-0.2, 0) is 22.5 Å². The van der Waals surface area contributed by atoms with Crippen molar-refractivity contribution < 1.29 is 18.7 Å². The third-order valence-electron chi connectivity index (χ3n) is 5.21. The van der Waals surface area contributed by atoms with Crippen molar-refractivity contribution in [3.63, 3.8) is 0 Å². The molecule has 1 saturated carbocycles. The number of nitrogens with zero attached hydrogens (tertiary/aromatic N) is 1. The average molecular weight is 357 g/mol. The zero-order valence-corrected chi connectivity index (χ0v) is 15.2. The van der Waals surface area contributed by atoms with E-state index < -0.39 is 0 Å². The molecule has 0 unspecified atom stereocenters. The molecule has 0 bridgehead atoms. The first kappa shape index (κ1) is 17.1. The molecule has 1 fully saturated rings. The SMILES string of the molecule is CCOC(=O)CCc1c(C)c2ccc3c(c2oc1=O)CN(C1CC1)CO3. The number of carbonyl (C=O) groups is 1. The topological polar surface area (TPSA) is 69.0 Å². The van der Waals surface area contributed by atoms with E-state index >= 15 is 0 Å².